The Labute approximate surface area is 169 Å². The van der Waals surface area contributed by atoms with Crippen LogP contribution in [0, 0.1) is 21.4 Å². The van der Waals surface area contributed by atoms with Crippen molar-refractivity contribution in [2.45, 2.75) is 0 Å². The number of nitriles is 1. The van der Waals surface area contributed by atoms with Gasteiger partial charge in [0.2, 0.25) is 5.91 Å². The molecule has 0 unspecified atom stereocenters. The van der Waals surface area contributed by atoms with E-state index in [0.29, 0.717) is 16.3 Å². The maximum Gasteiger partial charge on any atom is 0.289 e. The average Bonchev–Trinajstić information content (AvgIpc) is 2.61. The number of anilines is 1. The molecule has 11 heteroatoms. The fourth-order valence-corrected chi connectivity index (χ4v) is 3.84. The molecule has 27 heavy (non-hydrogen) atoms. The molecule has 1 amide bonds. The van der Waals surface area contributed by atoms with E-state index >= 15 is 0 Å². The lowest BCUT2D eigenvalue weighted by molar-refractivity contribution is -0.384. The zero-order chi connectivity index (χ0) is 20.0. The van der Waals surface area contributed by atoms with Crippen molar-refractivity contribution in [2.75, 3.05) is 5.09 Å². The number of amides is 1. The second-order valence-electron chi connectivity index (χ2n) is 5.03. The lowest BCUT2D eigenvalue weighted by atomic mass is 10.1. The summed E-state index contributed by atoms with van der Waals surface area (Å²) in [5, 5.41) is 23.1. The molecule has 1 N–H and O–H groups in total. The minimum absolute atomic E-state index is 0.111. The summed E-state index contributed by atoms with van der Waals surface area (Å²) in [6.45, 7) is 0. The summed E-state index contributed by atoms with van der Waals surface area (Å²) in [7, 11) is 0. The molecule has 0 spiro atoms. The van der Waals surface area contributed by atoms with Crippen molar-refractivity contribution in [1.29, 1.82) is 5.26 Å². The summed E-state index contributed by atoms with van der Waals surface area (Å²) in [5.74, 6) is -4.19. The molecule has 2 aromatic carbocycles. The van der Waals surface area contributed by atoms with Crippen LogP contribution in [-0.2, 0) is 4.79 Å². The molecule has 0 bridgehead atoms. The number of carbonyl (C=O) groups is 1. The van der Waals surface area contributed by atoms with E-state index in [1.54, 1.807) is 30.3 Å². The largest absolute Gasteiger partial charge is 0.329 e. The Kier molecular flexibility index (Phi) is 7.00. The Morgan fingerprint density at radius 2 is 1.78 bits per heavy atom. The van der Waals surface area contributed by atoms with Gasteiger partial charge in [0, 0.05) is 22.8 Å². The number of nitrogens with one attached hydrogen (secondary N) is 1. The molecule has 0 saturated carbocycles. The highest BCUT2D eigenvalue weighted by atomic mass is 35.9. The summed E-state index contributed by atoms with van der Waals surface area (Å²) in [6, 6.07) is 13.5. The predicted octanol–water partition coefficient (Wildman–Crippen LogP) is 6.22. The van der Waals surface area contributed by atoms with Crippen LogP contribution >= 0.6 is 40.0 Å². The van der Waals surface area contributed by atoms with Crippen LogP contribution in [-0.4, -0.2) is 10.8 Å². The van der Waals surface area contributed by atoms with Crippen LogP contribution in [0.25, 0.3) is 6.08 Å². The summed E-state index contributed by atoms with van der Waals surface area (Å²) in [6.07, 6.45) is 1.24. The zero-order valence-corrected chi connectivity index (χ0v) is 16.5. The standard InChI is InChI=1S/C16H10Cl3N4O3P/c17-13-3-5-14(6-4-13)21-27(18,19)22-16(24)12(10-20)9-11-1-7-15(8-2-11)23(25)26/h1-9,21H/b12-9+. The number of rotatable bonds is 5. The number of non-ortho nitro benzene ring substituents is 1. The summed E-state index contributed by atoms with van der Waals surface area (Å²) < 4.78 is 3.70. The fraction of sp³-hybridized carbons (Fsp3) is 0. The van der Waals surface area contributed by atoms with Gasteiger partial charge >= 0.3 is 0 Å². The van der Waals surface area contributed by atoms with Crippen molar-refractivity contribution in [3.05, 3.63) is 74.8 Å². The molecule has 7 nitrogen and oxygen atoms in total. The first kappa shape index (κ1) is 20.9. The first-order valence-electron chi connectivity index (χ1n) is 7.16. The van der Waals surface area contributed by atoms with E-state index in [0.717, 1.165) is 0 Å². The Morgan fingerprint density at radius 3 is 2.30 bits per heavy atom. The number of halogens is 3. The van der Waals surface area contributed by atoms with Crippen LogP contribution in [0.4, 0.5) is 11.4 Å². The predicted molar refractivity (Wildman–Crippen MR) is 108 cm³/mol. The van der Waals surface area contributed by atoms with Gasteiger partial charge in [-0.05, 0) is 70.5 Å². The minimum Gasteiger partial charge on any atom is -0.329 e. The normalized spacial score (nSPS) is 11.4. The SMILES string of the molecule is N#C/C(=C\c1ccc([N+](=O)[O-])cc1)C(=O)N=P(Cl)(Cl)Nc1ccc(Cl)cc1. The summed E-state index contributed by atoms with van der Waals surface area (Å²) in [4.78, 5) is 22.3. The van der Waals surface area contributed by atoms with Gasteiger partial charge < -0.3 is 5.09 Å². The second kappa shape index (κ2) is 9.03. The van der Waals surface area contributed by atoms with Gasteiger partial charge in [-0.3, -0.25) is 14.9 Å². The second-order valence-corrected chi connectivity index (χ2v) is 10.3. The van der Waals surface area contributed by atoms with Gasteiger partial charge in [0.15, 0.2) is 0 Å². The first-order valence-corrected chi connectivity index (χ1v) is 11.1. The highest BCUT2D eigenvalue weighted by Crippen LogP contribution is 2.59. The van der Waals surface area contributed by atoms with Crippen LogP contribution in [0.15, 0.2) is 58.8 Å². The topological polar surface area (TPSA) is 108 Å². The first-order chi connectivity index (χ1) is 12.7. The van der Waals surface area contributed by atoms with Gasteiger partial charge in [-0.25, -0.2) is 0 Å². The molecule has 0 saturated heterocycles. The molecule has 0 aliphatic rings. The molecule has 138 valence electrons. The van der Waals surface area contributed by atoms with Crippen LogP contribution in [0.2, 0.25) is 5.02 Å². The third-order valence-corrected chi connectivity index (χ3v) is 5.26. The smallest absolute Gasteiger partial charge is 0.289 e. The molecule has 0 atom stereocenters. The number of nitrogens with zero attached hydrogens (tertiary/aromatic N) is 3. The fourth-order valence-electron chi connectivity index (χ4n) is 1.87. The molecule has 0 heterocycles. The van der Waals surface area contributed by atoms with Gasteiger partial charge in [0.05, 0.1) is 4.92 Å². The Morgan fingerprint density at radius 1 is 1.19 bits per heavy atom. The van der Waals surface area contributed by atoms with E-state index in [1.165, 1.54) is 30.3 Å². The van der Waals surface area contributed by atoms with Crippen LogP contribution in [0.5, 0.6) is 0 Å². The highest BCUT2D eigenvalue weighted by molar-refractivity contribution is 8.11. The van der Waals surface area contributed by atoms with Gasteiger partial charge in [0.1, 0.15) is 11.6 Å². The van der Waals surface area contributed by atoms with Crippen LogP contribution < -0.4 is 5.09 Å². The maximum absolute atomic E-state index is 12.2. The molecular formula is C16H10Cl3N4O3P. The molecule has 0 aliphatic heterocycles. The van der Waals surface area contributed by atoms with Crippen molar-refractivity contribution in [1.82, 2.24) is 0 Å². The van der Waals surface area contributed by atoms with Crippen molar-refractivity contribution >= 4 is 63.4 Å². The van der Waals surface area contributed by atoms with Crippen molar-refractivity contribution in [2.24, 2.45) is 4.74 Å². The number of benzene rings is 2. The van der Waals surface area contributed by atoms with Gasteiger partial charge in [0.25, 0.3) is 11.6 Å². The van der Waals surface area contributed by atoms with E-state index in [-0.39, 0.29) is 11.3 Å². The third-order valence-electron chi connectivity index (χ3n) is 3.09. The van der Waals surface area contributed by atoms with E-state index < -0.39 is 16.7 Å². The van der Waals surface area contributed by atoms with E-state index in [4.69, 9.17) is 34.1 Å². The number of carbonyl (C=O) groups excluding carboxylic acids is 1. The van der Waals surface area contributed by atoms with E-state index in [1.807, 2.05) is 0 Å². The minimum atomic E-state index is -3.28. The van der Waals surface area contributed by atoms with Crippen molar-refractivity contribution in [3.8, 4) is 6.07 Å². The number of hydrogen-bond donors (Lipinski definition) is 1. The van der Waals surface area contributed by atoms with Gasteiger partial charge in [-0.15, -0.1) is 0 Å². The van der Waals surface area contributed by atoms with E-state index in [9.17, 15) is 20.2 Å². The number of nitro groups is 1. The van der Waals surface area contributed by atoms with Crippen molar-refractivity contribution in [3.63, 3.8) is 0 Å². The molecule has 0 radical (unpaired) electrons. The monoisotopic (exact) mass is 442 g/mol. The Hall–Kier alpha value is -2.36. The molecular weight excluding hydrogens is 434 g/mol. The molecule has 2 rings (SSSR count). The van der Waals surface area contributed by atoms with Crippen LogP contribution in [0.3, 0.4) is 0 Å². The van der Waals surface area contributed by atoms with Gasteiger partial charge in [-0.1, -0.05) is 11.6 Å². The maximum atomic E-state index is 12.2. The van der Waals surface area contributed by atoms with Crippen LogP contribution in [0.1, 0.15) is 5.56 Å². The molecule has 0 aliphatic carbocycles. The van der Waals surface area contributed by atoms with Gasteiger partial charge in [-0.2, -0.15) is 10.0 Å². The number of hydrogen-bond acceptors (Lipinski definition) is 4. The zero-order valence-electron chi connectivity index (χ0n) is 13.3. The highest BCUT2D eigenvalue weighted by Gasteiger charge is 2.18. The quantitative estimate of drug-likeness (QED) is 0.194. The van der Waals surface area contributed by atoms with Crippen molar-refractivity contribution < 1.29 is 9.72 Å². The summed E-state index contributed by atoms with van der Waals surface area (Å²) >= 11 is 18.0. The molecule has 0 aromatic heterocycles. The molecule has 0 fully saturated rings. The third kappa shape index (κ3) is 6.38. The Balaban J connectivity index is 2.24. The van der Waals surface area contributed by atoms with E-state index in [2.05, 4.69) is 9.83 Å². The average molecular weight is 444 g/mol. The number of nitro benzene ring substituents is 1. The lowest BCUT2D eigenvalue weighted by Gasteiger charge is -2.12. The Bertz CT molecular complexity index is 993. The summed E-state index contributed by atoms with van der Waals surface area (Å²) in [5.41, 5.74) is 0.499. The molecule has 2 aromatic rings. The lowest BCUT2D eigenvalue weighted by Crippen LogP contribution is -1.98.